The molecule has 3 N–H and O–H groups in total. The van der Waals surface area contributed by atoms with Crippen LogP contribution >= 0.6 is 11.6 Å². The molecule has 0 aliphatic heterocycles. The standard InChI is InChI=1S/C19H18ClN5O2/c1-12(26)22-13-3-5-14(6-4-13)23-18-9-10-21-19(25-18)24-15-7-8-17(27-2)16(20)11-15/h3-11H,1-2H3,(H,22,26)(H2,21,23,24,25). The molecule has 3 aromatic rings. The molecule has 7 nitrogen and oxygen atoms in total. The number of benzene rings is 2. The van der Waals surface area contributed by atoms with E-state index in [-0.39, 0.29) is 5.91 Å². The van der Waals surface area contributed by atoms with Gasteiger partial charge >= 0.3 is 0 Å². The number of rotatable bonds is 6. The minimum Gasteiger partial charge on any atom is -0.495 e. The third-order valence-corrected chi connectivity index (χ3v) is 3.84. The summed E-state index contributed by atoms with van der Waals surface area (Å²) < 4.78 is 5.14. The van der Waals surface area contributed by atoms with Gasteiger partial charge in [0.15, 0.2) is 0 Å². The Morgan fingerprint density at radius 2 is 1.70 bits per heavy atom. The van der Waals surface area contributed by atoms with Crippen molar-refractivity contribution in [3.8, 4) is 5.75 Å². The monoisotopic (exact) mass is 383 g/mol. The summed E-state index contributed by atoms with van der Waals surface area (Å²) in [5, 5.41) is 9.51. The molecule has 2 aromatic carbocycles. The van der Waals surface area contributed by atoms with Crippen molar-refractivity contribution < 1.29 is 9.53 Å². The number of hydrogen-bond donors (Lipinski definition) is 3. The summed E-state index contributed by atoms with van der Waals surface area (Å²) in [4.78, 5) is 19.7. The van der Waals surface area contributed by atoms with Gasteiger partial charge in [-0.3, -0.25) is 4.79 Å². The van der Waals surface area contributed by atoms with E-state index >= 15 is 0 Å². The highest BCUT2D eigenvalue weighted by atomic mass is 35.5. The Kier molecular flexibility index (Phi) is 5.73. The largest absolute Gasteiger partial charge is 0.495 e. The average molecular weight is 384 g/mol. The van der Waals surface area contributed by atoms with E-state index in [0.29, 0.717) is 22.5 Å². The lowest BCUT2D eigenvalue weighted by Crippen LogP contribution is -2.05. The van der Waals surface area contributed by atoms with Crippen LogP contribution in [0.2, 0.25) is 5.02 Å². The molecule has 0 aliphatic rings. The van der Waals surface area contributed by atoms with Crippen LogP contribution in [0.1, 0.15) is 6.92 Å². The van der Waals surface area contributed by atoms with Crippen LogP contribution in [0.4, 0.5) is 28.8 Å². The second-order valence-corrected chi connectivity index (χ2v) is 6.03. The maximum absolute atomic E-state index is 11.1. The molecule has 27 heavy (non-hydrogen) atoms. The summed E-state index contributed by atoms with van der Waals surface area (Å²) in [5.74, 6) is 1.54. The Morgan fingerprint density at radius 3 is 2.37 bits per heavy atom. The number of hydrogen-bond acceptors (Lipinski definition) is 6. The van der Waals surface area contributed by atoms with Crippen molar-refractivity contribution in [1.82, 2.24) is 9.97 Å². The number of carbonyl (C=O) groups excluding carboxylic acids is 1. The highest BCUT2D eigenvalue weighted by Gasteiger charge is 2.05. The Labute approximate surface area is 161 Å². The summed E-state index contributed by atoms with van der Waals surface area (Å²) in [7, 11) is 1.56. The Balaban J connectivity index is 1.70. The molecule has 0 bridgehead atoms. The molecule has 1 aromatic heterocycles. The summed E-state index contributed by atoms with van der Waals surface area (Å²) in [6.07, 6.45) is 1.65. The fourth-order valence-corrected chi connectivity index (χ4v) is 2.61. The van der Waals surface area contributed by atoms with Crippen molar-refractivity contribution in [3.63, 3.8) is 0 Å². The summed E-state index contributed by atoms with van der Waals surface area (Å²) in [6.45, 7) is 1.47. The second-order valence-electron chi connectivity index (χ2n) is 5.62. The molecule has 0 saturated carbocycles. The number of ether oxygens (including phenoxy) is 1. The van der Waals surface area contributed by atoms with E-state index in [2.05, 4.69) is 25.9 Å². The van der Waals surface area contributed by atoms with Crippen molar-refractivity contribution in [1.29, 1.82) is 0 Å². The van der Waals surface area contributed by atoms with E-state index in [1.807, 2.05) is 30.3 Å². The number of carbonyl (C=O) groups is 1. The first-order chi connectivity index (χ1) is 13.0. The zero-order chi connectivity index (χ0) is 19.2. The predicted molar refractivity (Wildman–Crippen MR) is 107 cm³/mol. The third kappa shape index (κ3) is 5.08. The maximum atomic E-state index is 11.1. The van der Waals surface area contributed by atoms with Crippen LogP contribution in [0.5, 0.6) is 5.75 Å². The topological polar surface area (TPSA) is 88.2 Å². The Bertz CT molecular complexity index is 947. The SMILES string of the molecule is COc1ccc(Nc2nccc(Nc3ccc(NC(C)=O)cc3)n2)cc1Cl. The van der Waals surface area contributed by atoms with Gasteiger partial charge in [-0.25, -0.2) is 4.98 Å². The van der Waals surface area contributed by atoms with Gasteiger partial charge in [0.1, 0.15) is 11.6 Å². The van der Waals surface area contributed by atoms with Crippen LogP contribution in [0.3, 0.4) is 0 Å². The van der Waals surface area contributed by atoms with Crippen molar-refractivity contribution in [2.75, 3.05) is 23.1 Å². The molecule has 3 rings (SSSR count). The van der Waals surface area contributed by atoms with Crippen molar-refractivity contribution >= 4 is 46.3 Å². The van der Waals surface area contributed by atoms with Gasteiger partial charge in [-0.15, -0.1) is 0 Å². The fraction of sp³-hybridized carbons (Fsp3) is 0.105. The number of nitrogens with zero attached hydrogens (tertiary/aromatic N) is 2. The normalized spacial score (nSPS) is 10.2. The number of halogens is 1. The highest BCUT2D eigenvalue weighted by molar-refractivity contribution is 6.32. The molecular weight excluding hydrogens is 366 g/mol. The van der Waals surface area contributed by atoms with Gasteiger partial charge in [-0.05, 0) is 48.5 Å². The molecule has 0 unspecified atom stereocenters. The number of anilines is 5. The lowest BCUT2D eigenvalue weighted by atomic mass is 10.2. The molecule has 0 saturated heterocycles. The van der Waals surface area contributed by atoms with Crippen molar-refractivity contribution in [2.24, 2.45) is 0 Å². The van der Waals surface area contributed by atoms with E-state index < -0.39 is 0 Å². The van der Waals surface area contributed by atoms with Gasteiger partial charge in [-0.1, -0.05) is 11.6 Å². The smallest absolute Gasteiger partial charge is 0.229 e. The zero-order valence-corrected chi connectivity index (χ0v) is 15.5. The van der Waals surface area contributed by atoms with Crippen molar-refractivity contribution in [3.05, 3.63) is 59.8 Å². The predicted octanol–water partition coefficient (Wildman–Crippen LogP) is 4.58. The minimum absolute atomic E-state index is 0.110. The number of amides is 1. The van der Waals surface area contributed by atoms with Crippen LogP contribution in [0, 0.1) is 0 Å². The first-order valence-electron chi connectivity index (χ1n) is 8.12. The lowest BCUT2D eigenvalue weighted by molar-refractivity contribution is -0.114. The molecular formula is C19H18ClN5O2. The molecule has 0 aliphatic carbocycles. The van der Waals surface area contributed by atoms with Crippen LogP contribution in [0.25, 0.3) is 0 Å². The first-order valence-corrected chi connectivity index (χ1v) is 8.49. The summed E-state index contributed by atoms with van der Waals surface area (Å²) in [6, 6.07) is 14.4. The number of methoxy groups -OCH3 is 1. The zero-order valence-electron chi connectivity index (χ0n) is 14.8. The quantitative estimate of drug-likeness (QED) is 0.577. The minimum atomic E-state index is -0.110. The lowest BCUT2D eigenvalue weighted by Gasteiger charge is -2.10. The van der Waals surface area contributed by atoms with E-state index in [1.54, 1.807) is 31.5 Å². The van der Waals surface area contributed by atoms with Crippen LogP contribution in [-0.2, 0) is 4.79 Å². The first kappa shape index (κ1) is 18.5. The molecule has 8 heteroatoms. The maximum Gasteiger partial charge on any atom is 0.229 e. The Hall–Kier alpha value is -3.32. The fourth-order valence-electron chi connectivity index (χ4n) is 2.35. The number of aromatic nitrogens is 2. The average Bonchev–Trinajstić information content (AvgIpc) is 2.63. The molecule has 0 fully saturated rings. The third-order valence-electron chi connectivity index (χ3n) is 3.54. The van der Waals surface area contributed by atoms with E-state index in [0.717, 1.165) is 17.1 Å². The van der Waals surface area contributed by atoms with E-state index in [4.69, 9.17) is 16.3 Å². The van der Waals surface area contributed by atoms with Gasteiger partial charge in [0.05, 0.1) is 12.1 Å². The van der Waals surface area contributed by atoms with Gasteiger partial charge in [0.2, 0.25) is 11.9 Å². The molecule has 0 radical (unpaired) electrons. The van der Waals surface area contributed by atoms with Crippen LogP contribution in [0.15, 0.2) is 54.7 Å². The molecule has 0 spiro atoms. The van der Waals surface area contributed by atoms with E-state index in [9.17, 15) is 4.79 Å². The molecule has 1 amide bonds. The molecule has 1 heterocycles. The molecule has 0 atom stereocenters. The summed E-state index contributed by atoms with van der Waals surface area (Å²) >= 11 is 6.13. The van der Waals surface area contributed by atoms with Gasteiger partial charge in [0, 0.05) is 30.2 Å². The highest BCUT2D eigenvalue weighted by Crippen LogP contribution is 2.28. The second kappa shape index (κ2) is 8.37. The van der Waals surface area contributed by atoms with Crippen molar-refractivity contribution in [2.45, 2.75) is 6.92 Å². The number of nitrogens with one attached hydrogen (secondary N) is 3. The van der Waals surface area contributed by atoms with E-state index in [1.165, 1.54) is 6.92 Å². The van der Waals surface area contributed by atoms with Crippen LogP contribution < -0.4 is 20.7 Å². The van der Waals surface area contributed by atoms with Gasteiger partial charge in [0.25, 0.3) is 0 Å². The van der Waals surface area contributed by atoms with Crippen LogP contribution in [-0.4, -0.2) is 23.0 Å². The molecule has 138 valence electrons. The van der Waals surface area contributed by atoms with Gasteiger partial charge < -0.3 is 20.7 Å². The summed E-state index contributed by atoms with van der Waals surface area (Å²) in [5.41, 5.74) is 2.31. The van der Waals surface area contributed by atoms with Gasteiger partial charge in [-0.2, -0.15) is 4.98 Å². The Morgan fingerprint density at radius 1 is 1.00 bits per heavy atom.